The molecule has 0 saturated carbocycles. The molecule has 166 valence electrons. The normalized spacial score (nSPS) is 12.0. The summed E-state index contributed by atoms with van der Waals surface area (Å²) in [5.74, 6) is -1.02. The number of nitrogens with one attached hydrogen (secondary N) is 1. The molecule has 9 nitrogen and oxygen atoms in total. The number of alkyl halides is 3. The lowest BCUT2D eigenvalue weighted by atomic mass is 10.2. The number of anilines is 1. The van der Waals surface area contributed by atoms with Gasteiger partial charge in [0.15, 0.2) is 0 Å². The van der Waals surface area contributed by atoms with Crippen molar-refractivity contribution >= 4 is 45.1 Å². The predicted molar refractivity (Wildman–Crippen MR) is 107 cm³/mol. The van der Waals surface area contributed by atoms with Gasteiger partial charge in [-0.25, -0.2) is 13.8 Å². The maximum Gasteiger partial charge on any atom is 0.416 e. The second-order valence-electron chi connectivity index (χ2n) is 6.04. The Kier molecular flexibility index (Phi) is 7.23. The van der Waals surface area contributed by atoms with E-state index in [1.54, 1.807) is 0 Å². The molecule has 0 aromatic heterocycles. The minimum atomic E-state index is -4.76. The van der Waals surface area contributed by atoms with E-state index in [1.807, 2.05) is 5.43 Å². The zero-order valence-corrected chi connectivity index (χ0v) is 17.2. The van der Waals surface area contributed by atoms with Crippen LogP contribution in [0.15, 0.2) is 47.6 Å². The van der Waals surface area contributed by atoms with E-state index in [0.717, 1.165) is 12.3 Å². The van der Waals surface area contributed by atoms with E-state index in [-0.39, 0.29) is 16.3 Å². The molecule has 0 aliphatic rings. The summed E-state index contributed by atoms with van der Waals surface area (Å²) in [6.07, 6.45) is -3.11. The largest absolute Gasteiger partial charge is 0.416 e. The fourth-order valence-electron chi connectivity index (χ4n) is 2.36. The minimum Gasteiger partial charge on any atom is -0.271 e. The molecule has 2 aromatic rings. The van der Waals surface area contributed by atoms with Crippen molar-refractivity contribution in [1.82, 2.24) is 5.43 Å². The van der Waals surface area contributed by atoms with Gasteiger partial charge in [0, 0.05) is 6.07 Å². The molecule has 31 heavy (non-hydrogen) atoms. The number of nitro benzene ring substituents is 1. The van der Waals surface area contributed by atoms with Gasteiger partial charge < -0.3 is 0 Å². The van der Waals surface area contributed by atoms with Gasteiger partial charge >= 0.3 is 6.18 Å². The van der Waals surface area contributed by atoms with Crippen LogP contribution in [0.2, 0.25) is 5.02 Å². The van der Waals surface area contributed by atoms with Gasteiger partial charge in [-0.05, 0) is 24.3 Å². The Morgan fingerprint density at radius 1 is 1.29 bits per heavy atom. The molecule has 0 saturated heterocycles. The van der Waals surface area contributed by atoms with Crippen molar-refractivity contribution in [2.75, 3.05) is 17.1 Å². The molecular formula is C17H14ClF3N4O5S. The standard InChI is InChI=1S/C17H14ClF3N4O5S/c1-31(29,30)24(15-8-12(17(19,20)21)6-7-13(15)18)10-16(26)23-22-9-11-4-2-3-5-14(11)25(27)28/h2-9H,10H2,1H3,(H,23,26)/b22-9-. The second kappa shape index (κ2) is 9.31. The van der Waals surface area contributed by atoms with Crippen molar-refractivity contribution in [2.24, 2.45) is 5.10 Å². The average Bonchev–Trinajstić information content (AvgIpc) is 2.65. The van der Waals surface area contributed by atoms with Gasteiger partial charge in [0.05, 0.1) is 39.2 Å². The summed E-state index contributed by atoms with van der Waals surface area (Å²) in [5.41, 5.74) is 0.0490. The highest BCUT2D eigenvalue weighted by molar-refractivity contribution is 7.92. The summed E-state index contributed by atoms with van der Waals surface area (Å²) in [6.45, 7) is -0.936. The van der Waals surface area contributed by atoms with E-state index in [1.165, 1.54) is 24.3 Å². The highest BCUT2D eigenvalue weighted by atomic mass is 35.5. The zero-order chi connectivity index (χ0) is 23.4. The number of halogens is 4. The smallest absolute Gasteiger partial charge is 0.271 e. The number of rotatable bonds is 7. The van der Waals surface area contributed by atoms with Crippen LogP contribution in [0, 0.1) is 10.1 Å². The fourth-order valence-corrected chi connectivity index (χ4v) is 3.49. The number of carbonyl (C=O) groups excluding carboxylic acids is 1. The molecule has 0 heterocycles. The molecule has 0 spiro atoms. The molecule has 0 atom stereocenters. The third-order valence-corrected chi connectivity index (χ3v) is 5.20. The Morgan fingerprint density at radius 2 is 1.94 bits per heavy atom. The van der Waals surface area contributed by atoms with Crippen LogP contribution in [0.5, 0.6) is 0 Å². The molecule has 0 bridgehead atoms. The summed E-state index contributed by atoms with van der Waals surface area (Å²) >= 11 is 5.86. The van der Waals surface area contributed by atoms with Crippen molar-refractivity contribution in [1.29, 1.82) is 0 Å². The molecule has 14 heteroatoms. The van der Waals surface area contributed by atoms with Gasteiger partial charge in [0.1, 0.15) is 6.54 Å². The first-order chi connectivity index (χ1) is 14.3. The summed E-state index contributed by atoms with van der Waals surface area (Å²) < 4.78 is 63.5. The number of carbonyl (C=O) groups is 1. The maximum absolute atomic E-state index is 13.0. The van der Waals surface area contributed by atoms with Crippen LogP contribution in [0.25, 0.3) is 0 Å². The number of sulfonamides is 1. The Hall–Kier alpha value is -3.19. The molecule has 1 amide bonds. The summed E-state index contributed by atoms with van der Waals surface area (Å²) in [4.78, 5) is 22.4. The predicted octanol–water partition coefficient (Wildman–Crippen LogP) is 3.18. The number of nitrogens with zero attached hydrogens (tertiary/aromatic N) is 3. The number of hydrogen-bond donors (Lipinski definition) is 1. The Labute approximate surface area is 179 Å². The van der Waals surface area contributed by atoms with Crippen LogP contribution in [0.4, 0.5) is 24.5 Å². The average molecular weight is 479 g/mol. The van der Waals surface area contributed by atoms with E-state index in [4.69, 9.17) is 11.6 Å². The van der Waals surface area contributed by atoms with Crippen molar-refractivity contribution in [3.05, 3.63) is 68.7 Å². The van der Waals surface area contributed by atoms with E-state index in [0.29, 0.717) is 22.7 Å². The number of hydrogen-bond acceptors (Lipinski definition) is 6. The van der Waals surface area contributed by atoms with Crippen LogP contribution < -0.4 is 9.73 Å². The summed E-state index contributed by atoms with van der Waals surface area (Å²) in [7, 11) is -4.21. The highest BCUT2D eigenvalue weighted by Gasteiger charge is 2.33. The first kappa shape index (κ1) is 24.1. The van der Waals surface area contributed by atoms with Crippen LogP contribution in [-0.2, 0) is 21.0 Å². The molecular weight excluding hydrogens is 465 g/mol. The van der Waals surface area contributed by atoms with Crippen LogP contribution in [0.1, 0.15) is 11.1 Å². The number of nitro groups is 1. The number of amides is 1. The van der Waals surface area contributed by atoms with Gasteiger partial charge in [-0.3, -0.25) is 19.2 Å². The van der Waals surface area contributed by atoms with Gasteiger partial charge in [0.2, 0.25) is 10.0 Å². The zero-order valence-electron chi connectivity index (χ0n) is 15.6. The monoisotopic (exact) mass is 478 g/mol. The molecule has 0 aliphatic carbocycles. The quantitative estimate of drug-likeness (QED) is 0.372. The van der Waals surface area contributed by atoms with Gasteiger partial charge in [-0.2, -0.15) is 18.3 Å². The summed E-state index contributed by atoms with van der Waals surface area (Å²) in [6, 6.07) is 7.54. The second-order valence-corrected chi connectivity index (χ2v) is 8.36. The van der Waals surface area contributed by atoms with E-state index >= 15 is 0 Å². The van der Waals surface area contributed by atoms with Gasteiger partial charge in [-0.1, -0.05) is 23.7 Å². The lowest BCUT2D eigenvalue weighted by molar-refractivity contribution is -0.385. The highest BCUT2D eigenvalue weighted by Crippen LogP contribution is 2.36. The molecule has 2 aromatic carbocycles. The lowest BCUT2D eigenvalue weighted by Crippen LogP contribution is -2.39. The van der Waals surface area contributed by atoms with Gasteiger partial charge in [-0.15, -0.1) is 0 Å². The Bertz CT molecular complexity index is 1140. The van der Waals surface area contributed by atoms with Crippen molar-refractivity contribution < 1.29 is 31.3 Å². The number of hydrazone groups is 1. The first-order valence-corrected chi connectivity index (χ1v) is 10.4. The third-order valence-electron chi connectivity index (χ3n) is 3.76. The molecule has 0 aliphatic heterocycles. The third kappa shape index (κ3) is 6.39. The molecule has 2 rings (SSSR count). The van der Waals surface area contributed by atoms with Crippen LogP contribution in [-0.4, -0.2) is 38.3 Å². The van der Waals surface area contributed by atoms with Gasteiger partial charge in [0.25, 0.3) is 11.6 Å². The molecule has 1 N–H and O–H groups in total. The van der Waals surface area contributed by atoms with E-state index in [9.17, 15) is 36.5 Å². The van der Waals surface area contributed by atoms with Crippen molar-refractivity contribution in [3.8, 4) is 0 Å². The van der Waals surface area contributed by atoms with Crippen molar-refractivity contribution in [3.63, 3.8) is 0 Å². The summed E-state index contributed by atoms with van der Waals surface area (Å²) in [5, 5.41) is 14.2. The van der Waals surface area contributed by atoms with Crippen LogP contribution in [0.3, 0.4) is 0 Å². The maximum atomic E-state index is 13.0. The first-order valence-electron chi connectivity index (χ1n) is 8.20. The number of benzene rings is 2. The Balaban J connectivity index is 2.26. The fraction of sp³-hybridized carbons (Fsp3) is 0.176. The Morgan fingerprint density at radius 3 is 2.52 bits per heavy atom. The van der Waals surface area contributed by atoms with E-state index in [2.05, 4.69) is 5.10 Å². The molecule has 0 unspecified atom stereocenters. The van der Waals surface area contributed by atoms with Crippen LogP contribution >= 0.6 is 11.6 Å². The molecule has 0 fully saturated rings. The minimum absolute atomic E-state index is 0.0636. The SMILES string of the molecule is CS(=O)(=O)N(CC(=O)N/N=C\c1ccccc1[N+](=O)[O-])c1cc(C(F)(F)F)ccc1Cl. The van der Waals surface area contributed by atoms with E-state index < -0.39 is 44.8 Å². The lowest BCUT2D eigenvalue weighted by Gasteiger charge is -2.23. The molecule has 0 radical (unpaired) electrons. The van der Waals surface area contributed by atoms with Crippen molar-refractivity contribution in [2.45, 2.75) is 6.18 Å². The topological polar surface area (TPSA) is 122 Å². The number of para-hydroxylation sites is 1.